The number of methoxy groups -OCH3 is 1. The van der Waals surface area contributed by atoms with E-state index in [1.165, 1.54) is 7.11 Å². The van der Waals surface area contributed by atoms with E-state index in [1.54, 1.807) is 19.9 Å². The number of Topliss-reactive ketones (excluding diaryl/α,β-unsaturated/α-hetero) is 1. The molecule has 0 heterocycles. The predicted molar refractivity (Wildman–Crippen MR) is 68.2 cm³/mol. The number of rotatable bonds is 5. The maximum atomic E-state index is 12.3. The lowest BCUT2D eigenvalue weighted by atomic mass is 9.91. The van der Waals surface area contributed by atoms with Crippen LogP contribution in [-0.4, -0.2) is 24.0 Å². The van der Waals surface area contributed by atoms with E-state index in [-0.39, 0.29) is 12.2 Å². The summed E-state index contributed by atoms with van der Waals surface area (Å²) in [4.78, 5) is 23.3. The average molecular weight is 250 g/mol. The summed E-state index contributed by atoms with van der Waals surface area (Å²) in [7, 11) is 1.48. The van der Waals surface area contributed by atoms with Crippen molar-refractivity contribution in [2.75, 3.05) is 7.11 Å². The standard InChI is InChI=1S/C14H18O4/c1-5-10(14(16)17)13(15)12-9(3)6-8(2)7-11(12)18-4/h6-7,10H,5H2,1-4H3,(H,16,17). The molecule has 98 valence electrons. The SMILES string of the molecule is CCC(C(=O)O)C(=O)c1c(C)cc(C)cc1OC. The zero-order valence-corrected chi connectivity index (χ0v) is 11.1. The fourth-order valence-electron chi connectivity index (χ4n) is 2.05. The van der Waals surface area contributed by atoms with Crippen molar-refractivity contribution in [2.24, 2.45) is 5.92 Å². The number of ether oxygens (including phenoxy) is 1. The number of aryl methyl sites for hydroxylation is 2. The topological polar surface area (TPSA) is 63.6 Å². The Labute approximate surface area is 107 Å². The van der Waals surface area contributed by atoms with Gasteiger partial charge < -0.3 is 9.84 Å². The van der Waals surface area contributed by atoms with Crippen molar-refractivity contribution in [2.45, 2.75) is 27.2 Å². The summed E-state index contributed by atoms with van der Waals surface area (Å²) in [5, 5.41) is 9.05. The molecule has 4 nitrogen and oxygen atoms in total. The summed E-state index contributed by atoms with van der Waals surface area (Å²) < 4.78 is 5.19. The van der Waals surface area contributed by atoms with Gasteiger partial charge in [0.25, 0.3) is 0 Å². The molecule has 0 spiro atoms. The van der Waals surface area contributed by atoms with E-state index in [2.05, 4.69) is 0 Å². The molecule has 0 amide bonds. The molecule has 0 saturated heterocycles. The van der Waals surface area contributed by atoms with Crippen molar-refractivity contribution in [3.8, 4) is 5.75 Å². The minimum absolute atomic E-state index is 0.268. The number of carbonyl (C=O) groups excluding carboxylic acids is 1. The Kier molecular flexibility index (Phi) is 4.48. The maximum Gasteiger partial charge on any atom is 0.314 e. The highest BCUT2D eigenvalue weighted by atomic mass is 16.5. The monoisotopic (exact) mass is 250 g/mol. The van der Waals surface area contributed by atoms with Gasteiger partial charge in [0, 0.05) is 0 Å². The maximum absolute atomic E-state index is 12.3. The molecule has 1 atom stereocenters. The van der Waals surface area contributed by atoms with Crippen LogP contribution in [0.15, 0.2) is 12.1 Å². The Morgan fingerprint density at radius 2 is 1.94 bits per heavy atom. The van der Waals surface area contributed by atoms with Crippen LogP contribution in [0, 0.1) is 19.8 Å². The number of carboxylic acids is 1. The van der Waals surface area contributed by atoms with Crippen LogP contribution in [0.2, 0.25) is 0 Å². The third kappa shape index (κ3) is 2.70. The van der Waals surface area contributed by atoms with Crippen molar-refractivity contribution in [1.82, 2.24) is 0 Å². The molecule has 0 aliphatic heterocycles. The van der Waals surface area contributed by atoms with Gasteiger partial charge in [0.15, 0.2) is 5.78 Å². The predicted octanol–water partition coefficient (Wildman–Crippen LogP) is 2.61. The second-order valence-corrected chi connectivity index (χ2v) is 4.32. The summed E-state index contributed by atoms with van der Waals surface area (Å²) in [5.41, 5.74) is 2.10. The Hall–Kier alpha value is -1.84. The molecule has 1 unspecified atom stereocenters. The summed E-state index contributed by atoms with van der Waals surface area (Å²) in [6.45, 7) is 5.38. The van der Waals surface area contributed by atoms with Gasteiger partial charge in [0.2, 0.25) is 0 Å². The number of carboxylic acid groups (broad SMARTS) is 1. The highest BCUT2D eigenvalue weighted by Crippen LogP contribution is 2.27. The minimum Gasteiger partial charge on any atom is -0.496 e. The molecule has 0 aliphatic carbocycles. The second kappa shape index (κ2) is 5.67. The number of benzene rings is 1. The van der Waals surface area contributed by atoms with Crippen molar-refractivity contribution in [3.05, 3.63) is 28.8 Å². The summed E-state index contributed by atoms with van der Waals surface area (Å²) >= 11 is 0. The quantitative estimate of drug-likeness (QED) is 0.644. The molecule has 4 heteroatoms. The molecule has 1 rings (SSSR count). The van der Waals surface area contributed by atoms with Crippen LogP contribution < -0.4 is 4.74 Å². The van der Waals surface area contributed by atoms with Gasteiger partial charge >= 0.3 is 5.97 Å². The number of ketones is 1. The summed E-state index contributed by atoms with van der Waals surface area (Å²) in [5.74, 6) is -2.05. The molecule has 0 bridgehead atoms. The van der Waals surface area contributed by atoms with Crippen molar-refractivity contribution in [3.63, 3.8) is 0 Å². The van der Waals surface area contributed by atoms with Crippen LogP contribution in [0.5, 0.6) is 5.75 Å². The van der Waals surface area contributed by atoms with Gasteiger partial charge in [-0.1, -0.05) is 13.0 Å². The molecule has 1 aromatic rings. The van der Waals surface area contributed by atoms with E-state index < -0.39 is 11.9 Å². The number of carbonyl (C=O) groups is 2. The van der Waals surface area contributed by atoms with Crippen LogP contribution >= 0.6 is 0 Å². The van der Waals surface area contributed by atoms with Gasteiger partial charge in [-0.3, -0.25) is 9.59 Å². The van der Waals surface area contributed by atoms with E-state index in [0.717, 1.165) is 11.1 Å². The van der Waals surface area contributed by atoms with Crippen LogP contribution in [0.3, 0.4) is 0 Å². The van der Waals surface area contributed by atoms with E-state index in [9.17, 15) is 9.59 Å². The van der Waals surface area contributed by atoms with Gasteiger partial charge in [-0.15, -0.1) is 0 Å². The number of hydrogen-bond acceptors (Lipinski definition) is 3. The Bertz CT molecular complexity index is 477. The fourth-order valence-corrected chi connectivity index (χ4v) is 2.05. The first-order valence-electron chi connectivity index (χ1n) is 5.84. The summed E-state index contributed by atoms with van der Waals surface area (Å²) in [6, 6.07) is 3.60. The van der Waals surface area contributed by atoms with Crippen LogP contribution in [0.1, 0.15) is 34.8 Å². The zero-order valence-electron chi connectivity index (χ0n) is 11.1. The molecule has 0 fully saturated rings. The van der Waals surface area contributed by atoms with Gasteiger partial charge in [0.05, 0.1) is 12.7 Å². The second-order valence-electron chi connectivity index (χ2n) is 4.32. The highest BCUT2D eigenvalue weighted by molar-refractivity contribution is 6.10. The first kappa shape index (κ1) is 14.2. The lowest BCUT2D eigenvalue weighted by Gasteiger charge is -2.15. The summed E-state index contributed by atoms with van der Waals surface area (Å²) in [6.07, 6.45) is 0.268. The zero-order chi connectivity index (χ0) is 13.9. The third-order valence-electron chi connectivity index (χ3n) is 2.93. The van der Waals surface area contributed by atoms with Crippen LogP contribution in [0.25, 0.3) is 0 Å². The molecule has 18 heavy (non-hydrogen) atoms. The van der Waals surface area contributed by atoms with Gasteiger partial charge in [-0.05, 0) is 37.5 Å². The molecule has 1 N–H and O–H groups in total. The van der Waals surface area contributed by atoms with E-state index in [0.29, 0.717) is 11.3 Å². The lowest BCUT2D eigenvalue weighted by molar-refractivity contribution is -0.140. The van der Waals surface area contributed by atoms with Crippen LogP contribution in [0.4, 0.5) is 0 Å². The van der Waals surface area contributed by atoms with Crippen molar-refractivity contribution < 1.29 is 19.4 Å². The molecule has 0 aliphatic rings. The van der Waals surface area contributed by atoms with Crippen molar-refractivity contribution >= 4 is 11.8 Å². The largest absolute Gasteiger partial charge is 0.496 e. The first-order chi connectivity index (χ1) is 8.42. The smallest absolute Gasteiger partial charge is 0.314 e. The Morgan fingerprint density at radius 3 is 2.39 bits per heavy atom. The molecule has 1 aromatic carbocycles. The molecule has 0 saturated carbocycles. The lowest BCUT2D eigenvalue weighted by Crippen LogP contribution is -2.24. The third-order valence-corrected chi connectivity index (χ3v) is 2.93. The normalized spacial score (nSPS) is 12.0. The van der Waals surface area contributed by atoms with Crippen LogP contribution in [-0.2, 0) is 4.79 Å². The van der Waals surface area contributed by atoms with Gasteiger partial charge in [-0.2, -0.15) is 0 Å². The van der Waals surface area contributed by atoms with E-state index in [4.69, 9.17) is 9.84 Å². The van der Waals surface area contributed by atoms with E-state index >= 15 is 0 Å². The van der Waals surface area contributed by atoms with Gasteiger partial charge in [-0.25, -0.2) is 0 Å². The number of aliphatic carboxylic acids is 1. The first-order valence-corrected chi connectivity index (χ1v) is 5.84. The Morgan fingerprint density at radius 1 is 1.33 bits per heavy atom. The van der Waals surface area contributed by atoms with Gasteiger partial charge in [0.1, 0.15) is 11.7 Å². The average Bonchev–Trinajstić information content (AvgIpc) is 2.27. The van der Waals surface area contributed by atoms with Crippen molar-refractivity contribution in [1.29, 1.82) is 0 Å². The van der Waals surface area contributed by atoms with E-state index in [1.807, 2.05) is 13.0 Å². The Balaban J connectivity index is 3.32. The minimum atomic E-state index is -1.09. The molecular weight excluding hydrogens is 232 g/mol. The highest BCUT2D eigenvalue weighted by Gasteiger charge is 2.28. The number of hydrogen-bond donors (Lipinski definition) is 1. The molecule has 0 radical (unpaired) electrons. The fraction of sp³-hybridized carbons (Fsp3) is 0.429. The molecular formula is C14H18O4. The molecule has 0 aromatic heterocycles.